The van der Waals surface area contributed by atoms with Crippen LogP contribution in [-0.4, -0.2) is 23.3 Å². The summed E-state index contributed by atoms with van der Waals surface area (Å²) in [4.78, 5) is 23.0. The number of hydroxylamine groups is 1. The standard InChI is InChI=1S/C19H14F3NO4/c20-19(21,22)27-16-9-7-15(8-10-16)17(24)11-5-13-1-3-14(4-2-13)6-12-18(25)23-26/h1-12,26H,(H,23,25). The van der Waals surface area contributed by atoms with E-state index in [1.807, 2.05) is 0 Å². The summed E-state index contributed by atoms with van der Waals surface area (Å²) in [7, 11) is 0. The lowest BCUT2D eigenvalue weighted by Crippen LogP contribution is -2.17. The molecule has 2 rings (SSSR count). The monoisotopic (exact) mass is 377 g/mol. The fourth-order valence-electron chi connectivity index (χ4n) is 2.02. The fourth-order valence-corrected chi connectivity index (χ4v) is 2.02. The molecule has 0 spiro atoms. The van der Waals surface area contributed by atoms with Crippen LogP contribution in [0.15, 0.2) is 60.7 Å². The number of alkyl halides is 3. The third-order valence-electron chi connectivity index (χ3n) is 3.27. The number of ketones is 1. The quantitative estimate of drug-likeness (QED) is 0.345. The van der Waals surface area contributed by atoms with Crippen molar-refractivity contribution in [3.63, 3.8) is 0 Å². The summed E-state index contributed by atoms with van der Waals surface area (Å²) < 4.78 is 40.1. The van der Waals surface area contributed by atoms with Gasteiger partial charge in [-0.15, -0.1) is 13.2 Å². The van der Waals surface area contributed by atoms with Crippen LogP contribution in [0.5, 0.6) is 5.75 Å². The van der Waals surface area contributed by atoms with Gasteiger partial charge in [0.05, 0.1) is 0 Å². The van der Waals surface area contributed by atoms with Crippen LogP contribution in [0.1, 0.15) is 21.5 Å². The Balaban J connectivity index is 1.99. The van der Waals surface area contributed by atoms with Crippen molar-refractivity contribution >= 4 is 23.8 Å². The zero-order chi connectivity index (χ0) is 19.9. The van der Waals surface area contributed by atoms with E-state index in [0.717, 1.165) is 18.2 Å². The average molecular weight is 377 g/mol. The number of hydrogen-bond acceptors (Lipinski definition) is 4. The molecule has 0 aliphatic heterocycles. The smallest absolute Gasteiger partial charge is 0.406 e. The lowest BCUT2D eigenvalue weighted by Gasteiger charge is -2.08. The van der Waals surface area contributed by atoms with Crippen molar-refractivity contribution in [3.8, 4) is 5.75 Å². The topological polar surface area (TPSA) is 75.6 Å². The number of amides is 1. The van der Waals surface area contributed by atoms with Gasteiger partial charge in [-0.1, -0.05) is 30.3 Å². The lowest BCUT2D eigenvalue weighted by molar-refractivity contribution is -0.274. The third kappa shape index (κ3) is 6.79. The molecule has 2 N–H and O–H groups in total. The number of hydrogen-bond donors (Lipinski definition) is 2. The number of benzene rings is 2. The van der Waals surface area contributed by atoms with Crippen LogP contribution in [0.4, 0.5) is 13.2 Å². The molecule has 0 aromatic heterocycles. The maximum absolute atomic E-state index is 12.1. The van der Waals surface area contributed by atoms with Crippen molar-refractivity contribution in [3.05, 3.63) is 77.4 Å². The molecule has 27 heavy (non-hydrogen) atoms. The summed E-state index contributed by atoms with van der Waals surface area (Å²) in [6.45, 7) is 0. The second kappa shape index (κ2) is 8.81. The van der Waals surface area contributed by atoms with Crippen molar-refractivity contribution in [2.45, 2.75) is 6.36 Å². The molecule has 0 radical (unpaired) electrons. The number of carbonyl (C=O) groups is 2. The highest BCUT2D eigenvalue weighted by molar-refractivity contribution is 6.06. The van der Waals surface area contributed by atoms with Gasteiger partial charge in [0.15, 0.2) is 5.78 Å². The molecule has 0 unspecified atom stereocenters. The van der Waals surface area contributed by atoms with E-state index in [-0.39, 0.29) is 11.3 Å². The van der Waals surface area contributed by atoms with E-state index in [1.54, 1.807) is 30.3 Å². The second-order valence-corrected chi connectivity index (χ2v) is 5.25. The maximum atomic E-state index is 12.1. The SMILES string of the molecule is O=C(C=Cc1ccc(C=CC(=O)c2ccc(OC(F)(F)F)cc2)cc1)NO. The van der Waals surface area contributed by atoms with Gasteiger partial charge in [0.2, 0.25) is 0 Å². The Morgan fingerprint density at radius 3 is 1.89 bits per heavy atom. The maximum Gasteiger partial charge on any atom is 0.573 e. The summed E-state index contributed by atoms with van der Waals surface area (Å²) in [6, 6.07) is 11.4. The molecule has 0 bridgehead atoms. The van der Waals surface area contributed by atoms with Crippen molar-refractivity contribution in [2.75, 3.05) is 0 Å². The van der Waals surface area contributed by atoms with Crippen molar-refractivity contribution in [1.82, 2.24) is 5.48 Å². The normalized spacial score (nSPS) is 11.7. The molecule has 0 saturated carbocycles. The Labute approximate surface area is 152 Å². The number of nitrogens with one attached hydrogen (secondary N) is 1. The first kappa shape index (κ1) is 19.9. The first-order chi connectivity index (χ1) is 12.8. The Kier molecular flexibility index (Phi) is 6.51. The Bertz CT molecular complexity index is 854. The van der Waals surface area contributed by atoms with E-state index in [2.05, 4.69) is 4.74 Å². The highest BCUT2D eigenvalue weighted by Crippen LogP contribution is 2.23. The van der Waals surface area contributed by atoms with Crippen LogP contribution in [0.3, 0.4) is 0 Å². The minimum Gasteiger partial charge on any atom is -0.406 e. The molecule has 5 nitrogen and oxygen atoms in total. The van der Waals surface area contributed by atoms with Gasteiger partial charge in [-0.05, 0) is 47.5 Å². The predicted molar refractivity (Wildman–Crippen MR) is 91.9 cm³/mol. The minimum atomic E-state index is -4.78. The highest BCUT2D eigenvalue weighted by atomic mass is 19.4. The summed E-state index contributed by atoms with van der Waals surface area (Å²) in [5.41, 5.74) is 3.11. The second-order valence-electron chi connectivity index (χ2n) is 5.25. The van der Waals surface area contributed by atoms with Crippen LogP contribution in [-0.2, 0) is 4.79 Å². The Hall–Kier alpha value is -3.39. The number of carbonyl (C=O) groups excluding carboxylic acids is 2. The van der Waals surface area contributed by atoms with Gasteiger partial charge in [0.25, 0.3) is 5.91 Å². The van der Waals surface area contributed by atoms with E-state index >= 15 is 0 Å². The average Bonchev–Trinajstić information content (AvgIpc) is 2.64. The lowest BCUT2D eigenvalue weighted by atomic mass is 10.1. The summed E-state index contributed by atoms with van der Waals surface area (Å²) in [5.74, 6) is -1.44. The van der Waals surface area contributed by atoms with E-state index in [4.69, 9.17) is 5.21 Å². The largest absolute Gasteiger partial charge is 0.573 e. The van der Waals surface area contributed by atoms with Gasteiger partial charge >= 0.3 is 6.36 Å². The zero-order valence-electron chi connectivity index (χ0n) is 13.7. The van der Waals surface area contributed by atoms with Crippen LogP contribution in [0.2, 0.25) is 0 Å². The van der Waals surface area contributed by atoms with Crippen LogP contribution >= 0.6 is 0 Å². The first-order valence-electron chi connectivity index (χ1n) is 7.57. The molecule has 0 aliphatic carbocycles. The van der Waals surface area contributed by atoms with Gasteiger partial charge in [-0.3, -0.25) is 14.8 Å². The fraction of sp³-hybridized carbons (Fsp3) is 0.0526. The summed E-state index contributed by atoms with van der Waals surface area (Å²) >= 11 is 0. The number of ether oxygens (including phenoxy) is 1. The van der Waals surface area contributed by atoms with Crippen molar-refractivity contribution in [1.29, 1.82) is 0 Å². The first-order valence-corrected chi connectivity index (χ1v) is 7.57. The molecular weight excluding hydrogens is 363 g/mol. The number of halogens is 3. The third-order valence-corrected chi connectivity index (χ3v) is 3.27. The molecule has 2 aromatic carbocycles. The van der Waals surface area contributed by atoms with E-state index < -0.39 is 18.0 Å². The Morgan fingerprint density at radius 2 is 1.41 bits per heavy atom. The molecule has 0 aliphatic rings. The molecule has 2 aromatic rings. The molecule has 1 amide bonds. The van der Waals surface area contributed by atoms with E-state index in [9.17, 15) is 22.8 Å². The molecule has 0 heterocycles. The predicted octanol–water partition coefficient (Wildman–Crippen LogP) is 4.00. The summed E-state index contributed by atoms with van der Waals surface area (Å²) in [6.07, 6.45) is 0.712. The van der Waals surface area contributed by atoms with Crippen molar-refractivity contribution in [2.24, 2.45) is 0 Å². The Morgan fingerprint density at radius 1 is 0.889 bits per heavy atom. The molecule has 0 saturated heterocycles. The summed E-state index contributed by atoms with van der Waals surface area (Å²) in [5, 5.41) is 8.39. The highest BCUT2D eigenvalue weighted by Gasteiger charge is 2.30. The van der Waals surface area contributed by atoms with E-state index in [0.29, 0.717) is 11.1 Å². The van der Waals surface area contributed by atoms with Gasteiger partial charge < -0.3 is 4.74 Å². The number of rotatable bonds is 6. The van der Waals surface area contributed by atoms with Gasteiger partial charge in [0.1, 0.15) is 5.75 Å². The molecule has 0 fully saturated rings. The van der Waals surface area contributed by atoms with Crippen molar-refractivity contribution < 1.29 is 32.7 Å². The number of allylic oxidation sites excluding steroid dienone is 1. The molecule has 0 atom stereocenters. The molecular formula is C19H14F3NO4. The minimum absolute atomic E-state index is 0.218. The van der Waals surface area contributed by atoms with Crippen LogP contribution < -0.4 is 10.2 Å². The van der Waals surface area contributed by atoms with Gasteiger partial charge in [-0.2, -0.15) is 0 Å². The zero-order valence-corrected chi connectivity index (χ0v) is 13.7. The van der Waals surface area contributed by atoms with Gasteiger partial charge in [-0.25, -0.2) is 5.48 Å². The van der Waals surface area contributed by atoms with Crippen LogP contribution in [0.25, 0.3) is 12.2 Å². The van der Waals surface area contributed by atoms with E-state index in [1.165, 1.54) is 29.8 Å². The van der Waals surface area contributed by atoms with Crippen LogP contribution in [0, 0.1) is 0 Å². The molecule has 8 heteroatoms. The van der Waals surface area contributed by atoms with Gasteiger partial charge in [0, 0.05) is 11.6 Å². The molecule has 140 valence electrons.